The third-order valence-electron chi connectivity index (χ3n) is 7.33. The molecule has 0 spiro atoms. The van der Waals surface area contributed by atoms with Crippen LogP contribution in [0.2, 0.25) is 0 Å². The number of hydrogen-bond donors (Lipinski definition) is 0. The zero-order valence-corrected chi connectivity index (χ0v) is 25.7. The van der Waals surface area contributed by atoms with Gasteiger partial charge in [0.2, 0.25) is 0 Å². The Morgan fingerprint density at radius 2 is 1.30 bits per heavy atom. The van der Waals surface area contributed by atoms with Gasteiger partial charge in [-0.3, -0.25) is 0 Å². The zero-order chi connectivity index (χ0) is 36.4. The maximum absolute atomic E-state index is 15.1. The molecule has 0 N–H and O–H groups in total. The van der Waals surface area contributed by atoms with E-state index in [0.29, 0.717) is 24.8 Å². The van der Waals surface area contributed by atoms with Crippen LogP contribution in [-0.4, -0.2) is 32.3 Å². The first-order valence-electron chi connectivity index (χ1n) is 14.8. The molecule has 1 heterocycles. The molecule has 1 aliphatic rings. The van der Waals surface area contributed by atoms with E-state index in [2.05, 4.69) is 9.47 Å². The van der Waals surface area contributed by atoms with Crippen LogP contribution in [0.4, 0.5) is 48.3 Å². The van der Waals surface area contributed by atoms with E-state index in [4.69, 9.17) is 14.2 Å². The molecule has 5 rings (SSSR count). The minimum atomic E-state index is -5.20. The van der Waals surface area contributed by atoms with Gasteiger partial charge in [0.05, 0.1) is 18.8 Å². The lowest BCUT2D eigenvalue weighted by Gasteiger charge is -2.29. The topological polar surface area (TPSA) is 46.2 Å². The standard InChI is InChI=1S/C34H25F11O5/c1-2-3-8-46-21-15-47-32(48-16-21)19-12-25(37)30(26(38)13-19)18-10-27(39)31(28(40)11-18)33(41,42)49-20-5-6-22(23(35)14-20)17-4-7-29(24(36)9-17)50-34(43,44)45/h4-7,9-14,21,32H,2-3,8,15-16H2,1H3. The van der Waals surface area contributed by atoms with Crippen LogP contribution in [0.15, 0.2) is 60.7 Å². The van der Waals surface area contributed by atoms with Gasteiger partial charge in [0.15, 0.2) is 17.9 Å². The Morgan fingerprint density at radius 3 is 1.86 bits per heavy atom. The summed E-state index contributed by atoms with van der Waals surface area (Å²) in [6, 6.07) is 5.93. The van der Waals surface area contributed by atoms with E-state index in [-0.39, 0.29) is 42.6 Å². The Hall–Kier alpha value is -4.41. The zero-order valence-electron chi connectivity index (χ0n) is 25.7. The average Bonchev–Trinajstić information content (AvgIpc) is 3.01. The van der Waals surface area contributed by atoms with Crippen molar-refractivity contribution in [1.82, 2.24) is 0 Å². The van der Waals surface area contributed by atoms with Crippen LogP contribution in [0, 0.1) is 34.9 Å². The summed E-state index contributed by atoms with van der Waals surface area (Å²) in [5.41, 5.74) is -4.55. The summed E-state index contributed by atoms with van der Waals surface area (Å²) in [5, 5.41) is 0. The molecule has 16 heteroatoms. The average molecular weight is 723 g/mol. The normalized spacial score (nSPS) is 16.8. The Labute approximate surface area is 277 Å². The van der Waals surface area contributed by atoms with Gasteiger partial charge in [-0.2, -0.15) is 8.78 Å². The lowest BCUT2D eigenvalue weighted by atomic mass is 9.99. The molecular weight excluding hydrogens is 697 g/mol. The monoisotopic (exact) mass is 722 g/mol. The molecule has 0 aromatic heterocycles. The maximum Gasteiger partial charge on any atom is 0.573 e. The molecule has 0 unspecified atom stereocenters. The number of benzene rings is 4. The van der Waals surface area contributed by atoms with E-state index in [1.165, 1.54) is 0 Å². The summed E-state index contributed by atoms with van der Waals surface area (Å²) in [7, 11) is 0. The lowest BCUT2D eigenvalue weighted by Crippen LogP contribution is -2.33. The molecule has 0 radical (unpaired) electrons. The highest BCUT2D eigenvalue weighted by Crippen LogP contribution is 2.40. The van der Waals surface area contributed by atoms with Crippen LogP contribution >= 0.6 is 0 Å². The van der Waals surface area contributed by atoms with E-state index in [1.54, 1.807) is 0 Å². The number of hydrogen-bond acceptors (Lipinski definition) is 5. The number of rotatable bonds is 11. The quantitative estimate of drug-likeness (QED) is 0.114. The van der Waals surface area contributed by atoms with E-state index in [9.17, 15) is 22.0 Å². The summed E-state index contributed by atoms with van der Waals surface area (Å²) in [6.07, 6.45) is -9.85. The minimum Gasteiger partial charge on any atom is -0.429 e. The molecule has 4 aromatic rings. The van der Waals surface area contributed by atoms with Gasteiger partial charge >= 0.3 is 12.5 Å². The maximum atomic E-state index is 15.1. The molecule has 1 saturated heterocycles. The van der Waals surface area contributed by atoms with E-state index in [1.807, 2.05) is 6.92 Å². The molecular formula is C34H25F11O5. The number of unbranched alkanes of at least 4 members (excludes halogenated alkanes) is 1. The highest BCUT2D eigenvalue weighted by Gasteiger charge is 2.42. The second kappa shape index (κ2) is 14.8. The Kier molecular flexibility index (Phi) is 10.9. The number of ether oxygens (including phenoxy) is 5. The first-order valence-corrected chi connectivity index (χ1v) is 14.8. The van der Waals surface area contributed by atoms with Crippen molar-refractivity contribution in [3.8, 4) is 33.8 Å². The molecule has 268 valence electrons. The molecule has 50 heavy (non-hydrogen) atoms. The molecule has 0 aliphatic carbocycles. The summed E-state index contributed by atoms with van der Waals surface area (Å²) < 4.78 is 181. The molecule has 4 aromatic carbocycles. The van der Waals surface area contributed by atoms with Crippen LogP contribution in [0.1, 0.15) is 37.2 Å². The van der Waals surface area contributed by atoms with Crippen molar-refractivity contribution in [3.63, 3.8) is 0 Å². The fourth-order valence-electron chi connectivity index (χ4n) is 5.04. The van der Waals surface area contributed by atoms with Crippen molar-refractivity contribution < 1.29 is 72.0 Å². The van der Waals surface area contributed by atoms with Crippen molar-refractivity contribution in [1.29, 1.82) is 0 Å². The number of alkyl halides is 5. The largest absolute Gasteiger partial charge is 0.573 e. The summed E-state index contributed by atoms with van der Waals surface area (Å²) in [4.78, 5) is 0. The van der Waals surface area contributed by atoms with Gasteiger partial charge < -0.3 is 23.7 Å². The Morgan fingerprint density at radius 1 is 0.680 bits per heavy atom. The van der Waals surface area contributed by atoms with Crippen molar-refractivity contribution in [2.24, 2.45) is 0 Å². The smallest absolute Gasteiger partial charge is 0.429 e. The summed E-state index contributed by atoms with van der Waals surface area (Å²) in [6.45, 7) is 2.60. The summed E-state index contributed by atoms with van der Waals surface area (Å²) >= 11 is 0. The Bertz CT molecular complexity index is 1790. The molecule has 1 fully saturated rings. The first-order chi connectivity index (χ1) is 23.6. The highest BCUT2D eigenvalue weighted by molar-refractivity contribution is 5.67. The van der Waals surface area contributed by atoms with Crippen LogP contribution < -0.4 is 9.47 Å². The molecule has 0 amide bonds. The van der Waals surface area contributed by atoms with Crippen LogP contribution in [-0.2, 0) is 20.3 Å². The van der Waals surface area contributed by atoms with Crippen molar-refractivity contribution in [3.05, 3.63) is 107 Å². The van der Waals surface area contributed by atoms with Gasteiger partial charge in [-0.05, 0) is 66.1 Å². The van der Waals surface area contributed by atoms with E-state index in [0.717, 1.165) is 43.2 Å². The molecule has 0 saturated carbocycles. The van der Waals surface area contributed by atoms with Crippen LogP contribution in [0.3, 0.4) is 0 Å². The third-order valence-corrected chi connectivity index (χ3v) is 7.33. The van der Waals surface area contributed by atoms with Crippen molar-refractivity contribution in [2.75, 3.05) is 19.8 Å². The third kappa shape index (κ3) is 8.47. The summed E-state index contributed by atoms with van der Waals surface area (Å²) in [5.74, 6) is -11.5. The first kappa shape index (κ1) is 36.9. The van der Waals surface area contributed by atoms with Gasteiger partial charge in [0.1, 0.15) is 46.5 Å². The van der Waals surface area contributed by atoms with Crippen molar-refractivity contribution in [2.45, 2.75) is 44.6 Å². The van der Waals surface area contributed by atoms with Gasteiger partial charge in [0.25, 0.3) is 0 Å². The van der Waals surface area contributed by atoms with Crippen molar-refractivity contribution >= 4 is 0 Å². The highest BCUT2D eigenvalue weighted by atomic mass is 19.4. The van der Waals surface area contributed by atoms with Crippen LogP contribution in [0.25, 0.3) is 22.3 Å². The molecule has 0 bridgehead atoms. The van der Waals surface area contributed by atoms with Gasteiger partial charge in [-0.15, -0.1) is 13.2 Å². The van der Waals surface area contributed by atoms with Crippen LogP contribution in [0.5, 0.6) is 11.5 Å². The SMILES string of the molecule is CCCCOC1COC(c2cc(F)c(-c3cc(F)c(C(F)(F)Oc4ccc(-c5ccc(OC(F)(F)F)c(F)c5)c(F)c4)c(F)c3)c(F)c2)OC1. The number of halogens is 11. The minimum absolute atomic E-state index is 0.0717. The predicted octanol–water partition coefficient (Wildman–Crippen LogP) is 10.1. The lowest BCUT2D eigenvalue weighted by molar-refractivity contribution is -0.275. The molecule has 1 aliphatic heterocycles. The Balaban J connectivity index is 1.32. The fraction of sp³-hybridized carbons (Fsp3) is 0.294. The van der Waals surface area contributed by atoms with E-state index < -0.39 is 87.4 Å². The second-order valence-corrected chi connectivity index (χ2v) is 11.0. The predicted molar refractivity (Wildman–Crippen MR) is 154 cm³/mol. The molecule has 5 nitrogen and oxygen atoms in total. The van der Waals surface area contributed by atoms with Gasteiger partial charge in [-0.1, -0.05) is 19.4 Å². The second-order valence-electron chi connectivity index (χ2n) is 11.0. The van der Waals surface area contributed by atoms with Gasteiger partial charge in [-0.25, -0.2) is 26.3 Å². The van der Waals surface area contributed by atoms with E-state index >= 15 is 26.3 Å². The fourth-order valence-corrected chi connectivity index (χ4v) is 5.04. The molecule has 0 atom stereocenters. The van der Waals surface area contributed by atoms with Gasteiger partial charge in [0, 0.05) is 23.8 Å².